The molecule has 3 aromatic rings. The summed E-state index contributed by atoms with van der Waals surface area (Å²) in [6.45, 7) is 1.90. The van der Waals surface area contributed by atoms with Gasteiger partial charge in [0, 0.05) is 29.9 Å². The van der Waals surface area contributed by atoms with E-state index in [9.17, 15) is 4.79 Å². The Morgan fingerprint density at radius 3 is 2.61 bits per heavy atom. The molecule has 0 unspecified atom stereocenters. The highest BCUT2D eigenvalue weighted by Gasteiger charge is 2.17. The molecule has 0 aromatic carbocycles. The van der Waals surface area contributed by atoms with Gasteiger partial charge in [-0.3, -0.25) is 9.78 Å². The molecular weight excluding hydrogens is 353 g/mol. The van der Waals surface area contributed by atoms with Crippen LogP contribution in [0.3, 0.4) is 0 Å². The normalized spacial score (nSPS) is 11.1. The summed E-state index contributed by atoms with van der Waals surface area (Å²) < 4.78 is 1.79. The molecule has 0 spiro atoms. The van der Waals surface area contributed by atoms with E-state index in [4.69, 9.17) is 23.2 Å². The van der Waals surface area contributed by atoms with Crippen molar-refractivity contribution >= 4 is 46.3 Å². The van der Waals surface area contributed by atoms with Gasteiger partial charge in [0.15, 0.2) is 5.78 Å². The van der Waals surface area contributed by atoms with Crippen LogP contribution in [0.25, 0.3) is 5.52 Å². The van der Waals surface area contributed by atoms with Gasteiger partial charge in [-0.2, -0.15) is 5.10 Å². The molecule has 3 rings (SSSR count). The summed E-state index contributed by atoms with van der Waals surface area (Å²) >= 11 is 13.8. The minimum absolute atomic E-state index is 0.0578. The van der Waals surface area contributed by atoms with Crippen LogP contribution in [0.5, 0.6) is 0 Å². The standard InChI is InChI=1S/C16H13Cl2N3OS/c1-9-5-14-10(3-4-16(23-2)21(14)20-9)15(22)6-11-12(17)7-19-8-13(11)18/h3-5,7-8H,6H2,1-2H3. The van der Waals surface area contributed by atoms with E-state index in [1.165, 1.54) is 12.4 Å². The van der Waals surface area contributed by atoms with Crippen LogP contribution in [0.1, 0.15) is 21.6 Å². The number of aromatic nitrogens is 3. The Kier molecular flexibility index (Phi) is 4.62. The molecule has 23 heavy (non-hydrogen) atoms. The molecule has 0 aliphatic heterocycles. The average molecular weight is 366 g/mol. The molecule has 7 heteroatoms. The van der Waals surface area contributed by atoms with Crippen molar-refractivity contribution in [2.24, 2.45) is 0 Å². The number of nitrogens with zero attached hydrogens (tertiary/aromatic N) is 3. The second kappa shape index (κ2) is 6.51. The molecule has 0 N–H and O–H groups in total. The maximum atomic E-state index is 12.8. The highest BCUT2D eigenvalue weighted by atomic mass is 35.5. The van der Waals surface area contributed by atoms with Crippen molar-refractivity contribution in [3.8, 4) is 0 Å². The number of thioether (sulfide) groups is 1. The lowest BCUT2D eigenvalue weighted by molar-refractivity contribution is 0.0994. The Labute approximate surface area is 147 Å². The van der Waals surface area contributed by atoms with Crippen LogP contribution in [0.4, 0.5) is 0 Å². The van der Waals surface area contributed by atoms with Crippen molar-refractivity contribution in [3.63, 3.8) is 0 Å². The van der Waals surface area contributed by atoms with E-state index in [-0.39, 0.29) is 12.2 Å². The van der Waals surface area contributed by atoms with Crippen LogP contribution in [0.15, 0.2) is 35.6 Å². The van der Waals surface area contributed by atoms with E-state index in [0.29, 0.717) is 21.2 Å². The number of halogens is 2. The van der Waals surface area contributed by atoms with E-state index in [2.05, 4.69) is 10.1 Å². The van der Waals surface area contributed by atoms with Crippen LogP contribution < -0.4 is 0 Å². The molecule has 0 bridgehead atoms. The zero-order valence-corrected chi connectivity index (χ0v) is 14.8. The molecule has 0 saturated carbocycles. The molecule has 0 aliphatic carbocycles. The molecule has 0 saturated heterocycles. The molecule has 0 radical (unpaired) electrons. The monoisotopic (exact) mass is 365 g/mol. The molecule has 3 aromatic heterocycles. The first-order valence-corrected chi connectivity index (χ1v) is 8.83. The van der Waals surface area contributed by atoms with Crippen molar-refractivity contribution in [1.29, 1.82) is 0 Å². The molecular formula is C16H13Cl2N3OS. The van der Waals surface area contributed by atoms with Crippen molar-refractivity contribution < 1.29 is 4.79 Å². The molecule has 0 fully saturated rings. The number of aryl methyl sites for hydroxylation is 1. The number of ketones is 1. The summed E-state index contributed by atoms with van der Waals surface area (Å²) in [4.78, 5) is 16.7. The van der Waals surface area contributed by atoms with Gasteiger partial charge in [-0.25, -0.2) is 4.52 Å². The predicted molar refractivity (Wildman–Crippen MR) is 94.0 cm³/mol. The molecule has 0 amide bonds. The van der Waals surface area contributed by atoms with Gasteiger partial charge in [-0.15, -0.1) is 11.8 Å². The lowest BCUT2D eigenvalue weighted by atomic mass is 10.0. The van der Waals surface area contributed by atoms with Gasteiger partial charge in [-0.05, 0) is 31.4 Å². The number of fused-ring (bicyclic) bond motifs is 1. The quantitative estimate of drug-likeness (QED) is 0.504. The van der Waals surface area contributed by atoms with Crippen LogP contribution >= 0.6 is 35.0 Å². The summed E-state index contributed by atoms with van der Waals surface area (Å²) in [6, 6.07) is 5.63. The Bertz CT molecular complexity index is 887. The molecule has 118 valence electrons. The van der Waals surface area contributed by atoms with Gasteiger partial charge in [-0.1, -0.05) is 23.2 Å². The van der Waals surface area contributed by atoms with Crippen molar-refractivity contribution in [1.82, 2.24) is 14.6 Å². The summed E-state index contributed by atoms with van der Waals surface area (Å²) in [5, 5.41) is 6.22. The second-order valence-corrected chi connectivity index (χ2v) is 6.69. The van der Waals surface area contributed by atoms with E-state index in [0.717, 1.165) is 16.2 Å². The van der Waals surface area contributed by atoms with Gasteiger partial charge >= 0.3 is 0 Å². The molecule has 0 atom stereocenters. The van der Waals surface area contributed by atoms with Crippen LogP contribution in [0.2, 0.25) is 10.0 Å². The van der Waals surface area contributed by atoms with Gasteiger partial charge in [0.05, 0.1) is 26.3 Å². The summed E-state index contributed by atoms with van der Waals surface area (Å²) in [5.74, 6) is -0.0578. The zero-order chi connectivity index (χ0) is 16.6. The topological polar surface area (TPSA) is 47.3 Å². The lowest BCUT2D eigenvalue weighted by Crippen LogP contribution is -2.08. The Morgan fingerprint density at radius 2 is 1.96 bits per heavy atom. The Balaban J connectivity index is 2.05. The summed E-state index contributed by atoms with van der Waals surface area (Å²) in [6.07, 6.45) is 5.08. The number of carbonyl (C=O) groups is 1. The van der Waals surface area contributed by atoms with Gasteiger partial charge in [0.1, 0.15) is 0 Å². The SMILES string of the molecule is CSc1ccc(C(=O)Cc2c(Cl)cncc2Cl)c2cc(C)nn12. The largest absolute Gasteiger partial charge is 0.294 e. The third-order valence-corrected chi connectivity index (χ3v) is 4.89. The third-order valence-electron chi connectivity index (χ3n) is 3.51. The maximum absolute atomic E-state index is 12.8. The van der Waals surface area contributed by atoms with E-state index in [1.54, 1.807) is 16.3 Å². The van der Waals surface area contributed by atoms with Crippen molar-refractivity contribution in [2.75, 3.05) is 6.26 Å². The first-order chi connectivity index (χ1) is 11.0. The van der Waals surface area contributed by atoms with Gasteiger partial charge in [0.25, 0.3) is 0 Å². The van der Waals surface area contributed by atoms with E-state index in [1.807, 2.05) is 31.4 Å². The lowest BCUT2D eigenvalue weighted by Gasteiger charge is -2.08. The first-order valence-electron chi connectivity index (χ1n) is 6.85. The predicted octanol–water partition coefficient (Wildman–Crippen LogP) is 4.49. The highest BCUT2D eigenvalue weighted by molar-refractivity contribution is 7.98. The highest BCUT2D eigenvalue weighted by Crippen LogP contribution is 2.27. The minimum atomic E-state index is -0.0578. The number of hydrogen-bond donors (Lipinski definition) is 0. The Hall–Kier alpha value is -1.56. The third kappa shape index (κ3) is 3.09. The van der Waals surface area contributed by atoms with E-state index < -0.39 is 0 Å². The Morgan fingerprint density at radius 1 is 1.26 bits per heavy atom. The smallest absolute Gasteiger partial charge is 0.169 e. The summed E-state index contributed by atoms with van der Waals surface area (Å²) in [5.41, 5.74) is 2.85. The fourth-order valence-corrected chi connectivity index (χ4v) is 3.44. The molecule has 0 aliphatic rings. The number of hydrogen-bond acceptors (Lipinski definition) is 4. The van der Waals surface area contributed by atoms with Crippen molar-refractivity contribution in [2.45, 2.75) is 18.4 Å². The van der Waals surface area contributed by atoms with E-state index >= 15 is 0 Å². The minimum Gasteiger partial charge on any atom is -0.294 e. The van der Waals surface area contributed by atoms with Crippen molar-refractivity contribution in [3.05, 3.63) is 57.5 Å². The first kappa shape index (κ1) is 16.3. The maximum Gasteiger partial charge on any atom is 0.169 e. The van der Waals surface area contributed by atoms with Gasteiger partial charge in [0.2, 0.25) is 0 Å². The second-order valence-electron chi connectivity index (χ2n) is 5.05. The number of rotatable bonds is 4. The average Bonchev–Trinajstić information content (AvgIpc) is 2.91. The number of carbonyl (C=O) groups excluding carboxylic acids is 1. The van der Waals surface area contributed by atoms with Crippen LogP contribution in [-0.4, -0.2) is 26.6 Å². The summed E-state index contributed by atoms with van der Waals surface area (Å²) in [7, 11) is 0. The molecule has 3 heterocycles. The number of pyridine rings is 2. The van der Waals surface area contributed by atoms with Crippen LogP contribution in [-0.2, 0) is 6.42 Å². The fourth-order valence-electron chi connectivity index (χ4n) is 2.42. The number of Topliss-reactive ketones (excluding diaryl/α,β-unsaturated/α-hetero) is 1. The fraction of sp³-hybridized carbons (Fsp3) is 0.188. The van der Waals surface area contributed by atoms with Gasteiger partial charge < -0.3 is 0 Å². The zero-order valence-electron chi connectivity index (χ0n) is 12.5. The molecule has 4 nitrogen and oxygen atoms in total. The van der Waals surface area contributed by atoms with Crippen LogP contribution in [0, 0.1) is 6.92 Å².